The van der Waals surface area contributed by atoms with E-state index < -0.39 is 0 Å². The zero-order valence-electron chi connectivity index (χ0n) is 9.38. The number of benzene rings is 1. The summed E-state index contributed by atoms with van der Waals surface area (Å²) in [4.78, 5) is 0. The summed E-state index contributed by atoms with van der Waals surface area (Å²) in [6, 6.07) is 5.47. The lowest BCUT2D eigenvalue weighted by molar-refractivity contribution is 0.731. The van der Waals surface area contributed by atoms with Crippen molar-refractivity contribution >= 4 is 23.2 Å². The second kappa shape index (κ2) is 4.11. The third-order valence-electron chi connectivity index (χ3n) is 2.71. The Hall–Kier alpha value is -0.990. The maximum atomic E-state index is 6.19. The van der Waals surface area contributed by atoms with E-state index in [4.69, 9.17) is 23.2 Å². The fourth-order valence-electron chi connectivity index (χ4n) is 1.85. The molecular formula is C12H12Cl2N2. The number of hydrogen-bond donors (Lipinski definition) is 0. The summed E-state index contributed by atoms with van der Waals surface area (Å²) in [5, 5.41) is 5.75. The highest BCUT2D eigenvalue weighted by atomic mass is 35.5. The Bertz CT molecular complexity index is 544. The minimum atomic E-state index is 0.682. The third-order valence-corrected chi connectivity index (χ3v) is 3.27. The molecule has 2 aromatic rings. The molecule has 0 aliphatic rings. The molecule has 0 N–H and O–H groups in total. The molecule has 0 amide bonds. The highest BCUT2D eigenvalue weighted by Crippen LogP contribution is 2.34. The Kier molecular flexibility index (Phi) is 2.96. The summed E-state index contributed by atoms with van der Waals surface area (Å²) in [6.45, 7) is 3.99. The molecule has 0 fully saturated rings. The number of rotatable bonds is 1. The van der Waals surface area contributed by atoms with Crippen LogP contribution in [0.3, 0.4) is 0 Å². The second-order valence-electron chi connectivity index (χ2n) is 3.79. The Morgan fingerprint density at radius 2 is 1.88 bits per heavy atom. The van der Waals surface area contributed by atoms with Gasteiger partial charge >= 0.3 is 0 Å². The van der Waals surface area contributed by atoms with Crippen LogP contribution in [0.2, 0.25) is 10.0 Å². The minimum absolute atomic E-state index is 0.682. The first-order valence-electron chi connectivity index (χ1n) is 4.96. The van der Waals surface area contributed by atoms with Crippen molar-refractivity contribution in [1.29, 1.82) is 0 Å². The first kappa shape index (κ1) is 11.5. The van der Waals surface area contributed by atoms with Crippen LogP contribution in [-0.4, -0.2) is 9.78 Å². The van der Waals surface area contributed by atoms with Gasteiger partial charge in [-0.15, -0.1) is 0 Å². The van der Waals surface area contributed by atoms with Crippen LogP contribution in [0.25, 0.3) is 11.1 Å². The summed E-state index contributed by atoms with van der Waals surface area (Å²) < 4.78 is 1.85. The van der Waals surface area contributed by atoms with E-state index in [2.05, 4.69) is 5.10 Å². The standard InChI is InChI=1S/C12H12Cl2N2/c1-7-12(8(2)16(3)15-7)10-6-9(13)4-5-11(10)14/h4-6H,1-3H3. The number of nitrogens with zero attached hydrogens (tertiary/aromatic N) is 2. The Morgan fingerprint density at radius 1 is 1.19 bits per heavy atom. The third kappa shape index (κ3) is 1.83. The molecule has 0 spiro atoms. The van der Waals surface area contributed by atoms with Crippen molar-refractivity contribution in [3.8, 4) is 11.1 Å². The van der Waals surface area contributed by atoms with Gasteiger partial charge in [-0.25, -0.2) is 0 Å². The van der Waals surface area contributed by atoms with Gasteiger partial charge in [0.05, 0.1) is 5.69 Å². The lowest BCUT2D eigenvalue weighted by Gasteiger charge is -2.05. The molecule has 4 heteroatoms. The number of halogens is 2. The molecule has 84 valence electrons. The summed E-state index contributed by atoms with van der Waals surface area (Å²) in [6.07, 6.45) is 0. The van der Waals surface area contributed by atoms with E-state index in [0.717, 1.165) is 22.5 Å². The number of aromatic nitrogens is 2. The van der Waals surface area contributed by atoms with Crippen LogP contribution in [0.4, 0.5) is 0 Å². The average Bonchev–Trinajstić information content (AvgIpc) is 2.46. The molecule has 0 saturated heterocycles. The van der Waals surface area contributed by atoms with E-state index in [0.29, 0.717) is 10.0 Å². The highest BCUT2D eigenvalue weighted by Gasteiger charge is 2.14. The summed E-state index contributed by atoms with van der Waals surface area (Å²) >= 11 is 12.2. The zero-order chi connectivity index (χ0) is 11.9. The van der Waals surface area contributed by atoms with Crippen LogP contribution in [0.1, 0.15) is 11.4 Å². The molecule has 2 rings (SSSR count). The molecule has 1 aromatic carbocycles. The Balaban J connectivity index is 2.71. The van der Waals surface area contributed by atoms with Crippen molar-refractivity contribution in [3.05, 3.63) is 39.6 Å². The normalized spacial score (nSPS) is 10.8. The molecule has 2 nitrogen and oxygen atoms in total. The highest BCUT2D eigenvalue weighted by molar-refractivity contribution is 6.35. The molecule has 0 radical (unpaired) electrons. The molecule has 16 heavy (non-hydrogen) atoms. The van der Waals surface area contributed by atoms with Crippen molar-refractivity contribution in [3.63, 3.8) is 0 Å². The lowest BCUT2D eigenvalue weighted by Crippen LogP contribution is -1.92. The molecule has 0 aliphatic heterocycles. The van der Waals surface area contributed by atoms with Crippen molar-refractivity contribution < 1.29 is 0 Å². The predicted octanol–water partition coefficient (Wildman–Crippen LogP) is 4.01. The first-order chi connectivity index (χ1) is 7.50. The molecule has 0 atom stereocenters. The van der Waals surface area contributed by atoms with Gasteiger partial charge in [0, 0.05) is 33.9 Å². The molecule has 0 saturated carbocycles. The molecule has 0 bridgehead atoms. The van der Waals surface area contributed by atoms with Crippen molar-refractivity contribution in [2.24, 2.45) is 7.05 Å². The number of hydrogen-bond acceptors (Lipinski definition) is 1. The van der Waals surface area contributed by atoms with E-state index in [1.54, 1.807) is 6.07 Å². The van der Waals surface area contributed by atoms with Gasteiger partial charge in [0.1, 0.15) is 0 Å². The van der Waals surface area contributed by atoms with Crippen LogP contribution in [0.15, 0.2) is 18.2 Å². The lowest BCUT2D eigenvalue weighted by atomic mass is 10.0. The van der Waals surface area contributed by atoms with Gasteiger partial charge in [-0.05, 0) is 32.0 Å². The van der Waals surface area contributed by atoms with Crippen LogP contribution < -0.4 is 0 Å². The van der Waals surface area contributed by atoms with E-state index in [1.165, 1.54) is 0 Å². The van der Waals surface area contributed by atoms with Gasteiger partial charge in [0.15, 0.2) is 0 Å². The van der Waals surface area contributed by atoms with Crippen molar-refractivity contribution in [2.45, 2.75) is 13.8 Å². The Morgan fingerprint density at radius 3 is 2.44 bits per heavy atom. The van der Waals surface area contributed by atoms with Gasteiger partial charge in [0.2, 0.25) is 0 Å². The van der Waals surface area contributed by atoms with E-state index in [-0.39, 0.29) is 0 Å². The smallest absolute Gasteiger partial charge is 0.0675 e. The summed E-state index contributed by atoms with van der Waals surface area (Å²) in [5.41, 5.74) is 4.05. The topological polar surface area (TPSA) is 17.8 Å². The maximum Gasteiger partial charge on any atom is 0.0675 e. The molecule has 1 heterocycles. The van der Waals surface area contributed by atoms with E-state index in [1.807, 2.05) is 37.7 Å². The van der Waals surface area contributed by atoms with Gasteiger partial charge < -0.3 is 0 Å². The molecule has 0 aliphatic carbocycles. The fourth-order valence-corrected chi connectivity index (χ4v) is 2.24. The minimum Gasteiger partial charge on any atom is -0.272 e. The fraction of sp³-hybridized carbons (Fsp3) is 0.250. The predicted molar refractivity (Wildman–Crippen MR) is 68.1 cm³/mol. The summed E-state index contributed by atoms with van der Waals surface area (Å²) in [5.74, 6) is 0. The van der Waals surface area contributed by atoms with Crippen LogP contribution in [0.5, 0.6) is 0 Å². The molecular weight excluding hydrogens is 243 g/mol. The zero-order valence-corrected chi connectivity index (χ0v) is 10.9. The van der Waals surface area contributed by atoms with Gasteiger partial charge in [0.25, 0.3) is 0 Å². The average molecular weight is 255 g/mol. The second-order valence-corrected chi connectivity index (χ2v) is 4.64. The van der Waals surface area contributed by atoms with Gasteiger partial charge in [-0.2, -0.15) is 5.10 Å². The molecule has 1 aromatic heterocycles. The van der Waals surface area contributed by atoms with Crippen LogP contribution >= 0.6 is 23.2 Å². The van der Waals surface area contributed by atoms with E-state index in [9.17, 15) is 0 Å². The first-order valence-corrected chi connectivity index (χ1v) is 5.72. The Labute approximate surface area is 105 Å². The SMILES string of the molecule is Cc1nn(C)c(C)c1-c1cc(Cl)ccc1Cl. The molecule has 0 unspecified atom stereocenters. The van der Waals surface area contributed by atoms with E-state index >= 15 is 0 Å². The van der Waals surface area contributed by atoms with Crippen LogP contribution in [-0.2, 0) is 7.05 Å². The monoisotopic (exact) mass is 254 g/mol. The van der Waals surface area contributed by atoms with Gasteiger partial charge in [-0.1, -0.05) is 23.2 Å². The quantitative estimate of drug-likeness (QED) is 0.752. The maximum absolute atomic E-state index is 6.19. The largest absolute Gasteiger partial charge is 0.272 e. The van der Waals surface area contributed by atoms with Crippen molar-refractivity contribution in [1.82, 2.24) is 9.78 Å². The van der Waals surface area contributed by atoms with Gasteiger partial charge in [-0.3, -0.25) is 4.68 Å². The number of aryl methyl sites for hydroxylation is 2. The van der Waals surface area contributed by atoms with Crippen molar-refractivity contribution in [2.75, 3.05) is 0 Å². The summed E-state index contributed by atoms with van der Waals surface area (Å²) in [7, 11) is 1.92. The van der Waals surface area contributed by atoms with Crippen LogP contribution in [0, 0.1) is 13.8 Å².